The molecular weight excluding hydrogens is 486 g/mol. The van der Waals surface area contributed by atoms with Crippen LogP contribution in [-0.4, -0.2) is 95.9 Å². The minimum absolute atomic E-state index is 0.0160. The van der Waals surface area contributed by atoms with Gasteiger partial charge in [-0.15, -0.1) is 0 Å². The molecule has 0 aliphatic carbocycles. The molecule has 0 bridgehead atoms. The molecule has 1 aromatic rings. The predicted octanol–water partition coefficient (Wildman–Crippen LogP) is 2.24. The number of halogens is 5. The van der Waals surface area contributed by atoms with Crippen LogP contribution < -0.4 is 10.6 Å². The number of rotatable bonds is 7. The molecule has 8 nitrogen and oxygen atoms in total. The molecule has 33 heavy (non-hydrogen) atoms. The van der Waals surface area contributed by atoms with Gasteiger partial charge in [-0.2, -0.15) is 13.2 Å². The van der Waals surface area contributed by atoms with Crippen molar-refractivity contribution >= 4 is 46.4 Å². The minimum atomic E-state index is -5.07. The summed E-state index contributed by atoms with van der Waals surface area (Å²) >= 11 is 11.8. The lowest BCUT2D eigenvalue weighted by molar-refractivity contribution is -0.167. The van der Waals surface area contributed by atoms with Crippen LogP contribution in [0.25, 0.3) is 0 Å². The van der Waals surface area contributed by atoms with E-state index in [1.165, 1.54) is 12.1 Å². The number of piperazine rings is 1. The van der Waals surface area contributed by atoms with E-state index in [1.807, 2.05) is 4.90 Å². The fraction of sp³-hybridized carbons (Fsp3) is 0.500. The van der Waals surface area contributed by atoms with E-state index in [9.17, 15) is 27.9 Å². The molecule has 2 saturated heterocycles. The average Bonchev–Trinajstić information content (AvgIpc) is 2.73. The number of aliphatic hydroxyl groups excluding tert-OH is 1. The summed E-state index contributed by atoms with van der Waals surface area (Å²) in [6.07, 6.45) is -4.70. The molecule has 2 aliphatic rings. The number of alkyl halides is 3. The lowest BCUT2D eigenvalue weighted by Crippen LogP contribution is -2.64. The highest BCUT2D eigenvalue weighted by Gasteiger charge is 2.39. The minimum Gasteiger partial charge on any atom is -0.379 e. The van der Waals surface area contributed by atoms with Gasteiger partial charge in [0.25, 0.3) is 0 Å². The summed E-state index contributed by atoms with van der Waals surface area (Å²) in [4.78, 5) is 28.7. The fourth-order valence-electron chi connectivity index (χ4n) is 3.72. The first kappa shape index (κ1) is 25.6. The number of carbonyl (C=O) groups excluding carboxylic acids is 2. The third-order valence-electron chi connectivity index (χ3n) is 5.68. The molecule has 0 spiro atoms. The topological polar surface area (TPSA) is 88.2 Å². The number of carbonyl (C=O) groups is 2. The molecule has 0 aromatic heterocycles. The van der Waals surface area contributed by atoms with Crippen LogP contribution in [0, 0.1) is 0 Å². The van der Waals surface area contributed by atoms with Crippen molar-refractivity contribution < 1.29 is 27.9 Å². The van der Waals surface area contributed by atoms with Crippen LogP contribution in [-0.2, 0) is 9.59 Å². The Hall–Kier alpha value is -2.05. The first-order valence-corrected chi connectivity index (χ1v) is 10.9. The Bertz CT molecular complexity index is 904. The maximum Gasteiger partial charge on any atom is 0.471 e. The quantitative estimate of drug-likeness (QED) is 0.488. The molecule has 1 atom stereocenters. The molecule has 182 valence electrons. The highest BCUT2D eigenvalue weighted by atomic mass is 35.5. The standard InChI is InChI=1S/C20H24Cl2F3N5O3/c1-2-17(31)30-10-12(11-30)28-3-5-29(6-4-28)18(32)9-26-15-7-13(21)14(22)8-16(15)27-19(33)20(23,24)25/h2,7-8,12,18,26,32H,1,3-6,9-11H2,(H,27,33). The lowest BCUT2D eigenvalue weighted by atomic mass is 10.1. The summed E-state index contributed by atoms with van der Waals surface area (Å²) in [7, 11) is 0. The van der Waals surface area contributed by atoms with Crippen LogP contribution in [0.1, 0.15) is 0 Å². The number of anilines is 2. The van der Waals surface area contributed by atoms with Gasteiger partial charge in [-0.1, -0.05) is 29.8 Å². The number of hydrogen-bond donors (Lipinski definition) is 3. The van der Waals surface area contributed by atoms with Crippen LogP contribution in [0.3, 0.4) is 0 Å². The number of likely N-dealkylation sites (tertiary alicyclic amines) is 1. The molecular formula is C20H24Cl2F3N5O3. The molecule has 2 heterocycles. The Kier molecular flexibility index (Phi) is 8.12. The number of nitrogens with zero attached hydrogens (tertiary/aromatic N) is 3. The molecule has 2 fully saturated rings. The summed E-state index contributed by atoms with van der Waals surface area (Å²) in [5.41, 5.74) is -0.103. The third-order valence-corrected chi connectivity index (χ3v) is 6.40. The van der Waals surface area contributed by atoms with Gasteiger partial charge >= 0.3 is 12.1 Å². The van der Waals surface area contributed by atoms with Gasteiger partial charge in [-0.05, 0) is 18.2 Å². The van der Waals surface area contributed by atoms with E-state index in [2.05, 4.69) is 16.8 Å². The third kappa shape index (κ3) is 6.30. The van der Waals surface area contributed by atoms with E-state index in [1.54, 1.807) is 10.2 Å². The molecule has 2 aliphatic heterocycles. The van der Waals surface area contributed by atoms with E-state index >= 15 is 0 Å². The van der Waals surface area contributed by atoms with E-state index in [0.717, 1.165) is 6.07 Å². The molecule has 0 radical (unpaired) electrons. The highest BCUT2D eigenvalue weighted by molar-refractivity contribution is 6.42. The normalized spacial score (nSPS) is 19.0. The van der Waals surface area contributed by atoms with Crippen LogP contribution >= 0.6 is 23.2 Å². The number of hydrogen-bond acceptors (Lipinski definition) is 6. The molecule has 13 heteroatoms. The Morgan fingerprint density at radius 2 is 1.73 bits per heavy atom. The number of aliphatic hydroxyl groups is 1. The Balaban J connectivity index is 1.52. The van der Waals surface area contributed by atoms with Crippen LogP contribution in [0.2, 0.25) is 10.0 Å². The summed E-state index contributed by atoms with van der Waals surface area (Å²) in [6.45, 7) is 7.33. The van der Waals surface area contributed by atoms with Gasteiger partial charge in [0.1, 0.15) is 6.23 Å². The van der Waals surface area contributed by atoms with Gasteiger partial charge in [0, 0.05) is 45.3 Å². The van der Waals surface area contributed by atoms with Crippen molar-refractivity contribution in [2.75, 3.05) is 56.4 Å². The van der Waals surface area contributed by atoms with Crippen molar-refractivity contribution in [1.82, 2.24) is 14.7 Å². The maximum absolute atomic E-state index is 12.6. The van der Waals surface area contributed by atoms with Crippen molar-refractivity contribution in [1.29, 1.82) is 0 Å². The van der Waals surface area contributed by atoms with Crippen molar-refractivity contribution in [2.24, 2.45) is 0 Å². The summed E-state index contributed by atoms with van der Waals surface area (Å²) in [5.74, 6) is -2.23. The molecule has 1 aromatic carbocycles. The Labute approximate surface area is 198 Å². The average molecular weight is 510 g/mol. The maximum atomic E-state index is 12.6. The van der Waals surface area contributed by atoms with E-state index in [4.69, 9.17) is 23.2 Å². The smallest absolute Gasteiger partial charge is 0.379 e. The van der Waals surface area contributed by atoms with Gasteiger partial charge in [0.15, 0.2) is 0 Å². The monoisotopic (exact) mass is 509 g/mol. The highest BCUT2D eigenvalue weighted by Crippen LogP contribution is 2.33. The first-order valence-electron chi connectivity index (χ1n) is 10.2. The van der Waals surface area contributed by atoms with Crippen LogP contribution in [0.4, 0.5) is 24.5 Å². The van der Waals surface area contributed by atoms with Crippen LogP contribution in [0.15, 0.2) is 24.8 Å². The number of amides is 2. The van der Waals surface area contributed by atoms with Gasteiger partial charge in [-0.3, -0.25) is 19.4 Å². The summed E-state index contributed by atoms with van der Waals surface area (Å²) < 4.78 is 37.9. The van der Waals surface area contributed by atoms with E-state index < -0.39 is 18.3 Å². The summed E-state index contributed by atoms with van der Waals surface area (Å²) in [6, 6.07) is 2.68. The Morgan fingerprint density at radius 3 is 2.27 bits per heavy atom. The fourth-order valence-corrected chi connectivity index (χ4v) is 4.04. The van der Waals surface area contributed by atoms with Crippen molar-refractivity contribution in [2.45, 2.75) is 18.4 Å². The molecule has 3 rings (SSSR count). The van der Waals surface area contributed by atoms with E-state index in [0.29, 0.717) is 39.3 Å². The van der Waals surface area contributed by atoms with Gasteiger partial charge < -0.3 is 20.6 Å². The zero-order valence-corrected chi connectivity index (χ0v) is 19.1. The summed E-state index contributed by atoms with van der Waals surface area (Å²) in [5, 5.41) is 15.2. The second-order valence-corrected chi connectivity index (χ2v) is 8.61. The predicted molar refractivity (Wildman–Crippen MR) is 119 cm³/mol. The molecule has 1 unspecified atom stereocenters. The van der Waals surface area contributed by atoms with Gasteiger partial charge in [-0.25, -0.2) is 0 Å². The molecule has 0 saturated carbocycles. The molecule has 2 amide bonds. The zero-order chi connectivity index (χ0) is 24.3. The Morgan fingerprint density at radius 1 is 1.15 bits per heavy atom. The van der Waals surface area contributed by atoms with Crippen molar-refractivity contribution in [3.8, 4) is 0 Å². The van der Waals surface area contributed by atoms with Gasteiger partial charge in [0.2, 0.25) is 5.91 Å². The second-order valence-electron chi connectivity index (χ2n) is 7.80. The largest absolute Gasteiger partial charge is 0.471 e. The lowest BCUT2D eigenvalue weighted by Gasteiger charge is -2.48. The SMILES string of the molecule is C=CC(=O)N1CC(N2CCN(C(O)CNc3cc(Cl)c(Cl)cc3NC(=O)C(F)(F)F)CC2)C1. The van der Waals surface area contributed by atoms with Gasteiger partial charge in [0.05, 0.1) is 28.0 Å². The number of benzene rings is 1. The zero-order valence-electron chi connectivity index (χ0n) is 17.5. The number of nitrogens with one attached hydrogen (secondary N) is 2. The van der Waals surface area contributed by atoms with Crippen LogP contribution in [0.5, 0.6) is 0 Å². The van der Waals surface area contributed by atoms with E-state index in [-0.39, 0.29) is 39.9 Å². The van der Waals surface area contributed by atoms with Crippen molar-refractivity contribution in [3.05, 3.63) is 34.8 Å². The molecule has 3 N–H and O–H groups in total. The second kappa shape index (κ2) is 10.5. The first-order chi connectivity index (χ1) is 15.5. The van der Waals surface area contributed by atoms with Crippen molar-refractivity contribution in [3.63, 3.8) is 0 Å².